The second kappa shape index (κ2) is 27.6. The molecule has 0 aromatic rings. The number of hydrogen-bond acceptors (Lipinski definition) is 0. The molecule has 0 aliphatic carbocycles. The molecule has 0 aromatic heterocycles. The zero-order chi connectivity index (χ0) is 25.1. The van der Waals surface area contributed by atoms with E-state index in [0.717, 1.165) is 17.8 Å². The first kappa shape index (κ1) is 34.0. The predicted molar refractivity (Wildman–Crippen MR) is 159 cm³/mol. The van der Waals surface area contributed by atoms with Gasteiger partial charge in [0.05, 0.1) is 0 Å². The first-order valence-corrected chi connectivity index (χ1v) is 16.6. The van der Waals surface area contributed by atoms with Crippen LogP contribution in [0.5, 0.6) is 0 Å². The van der Waals surface area contributed by atoms with Gasteiger partial charge >= 0.3 is 0 Å². The summed E-state index contributed by atoms with van der Waals surface area (Å²) in [5.41, 5.74) is 0. The SMILES string of the molecule is CCCCCCCCCCCCCC(C)CCC(C)CCCCCCCCCCCCC(C)C. The van der Waals surface area contributed by atoms with Gasteiger partial charge in [0, 0.05) is 0 Å². The van der Waals surface area contributed by atoms with Gasteiger partial charge in [-0.25, -0.2) is 0 Å². The summed E-state index contributed by atoms with van der Waals surface area (Å²) in [7, 11) is 0. The second-order valence-electron chi connectivity index (χ2n) is 12.6. The molecule has 2 unspecified atom stereocenters. The van der Waals surface area contributed by atoms with Crippen LogP contribution < -0.4 is 0 Å². The summed E-state index contributed by atoms with van der Waals surface area (Å²) in [6.07, 6.45) is 38.2. The number of rotatable bonds is 28. The van der Waals surface area contributed by atoms with Crippen molar-refractivity contribution in [1.29, 1.82) is 0 Å². The summed E-state index contributed by atoms with van der Waals surface area (Å²) in [6.45, 7) is 12.0. The van der Waals surface area contributed by atoms with Gasteiger partial charge in [0.1, 0.15) is 0 Å². The molecule has 0 saturated heterocycles. The van der Waals surface area contributed by atoms with Crippen LogP contribution in [-0.4, -0.2) is 0 Å². The molecule has 0 saturated carbocycles. The van der Waals surface area contributed by atoms with Crippen molar-refractivity contribution in [3.05, 3.63) is 0 Å². The molecule has 0 rings (SSSR count). The van der Waals surface area contributed by atoms with Crippen molar-refractivity contribution in [2.45, 2.75) is 202 Å². The third-order valence-corrected chi connectivity index (χ3v) is 8.18. The lowest BCUT2D eigenvalue weighted by Crippen LogP contribution is -2.01. The quantitative estimate of drug-likeness (QED) is 0.0980. The standard InChI is InChI=1S/C34H70/c1-6-7-8-9-10-11-12-16-19-22-25-28-33(4)30-31-34(5)29-26-23-20-17-14-13-15-18-21-24-27-32(2)3/h32-34H,6-31H2,1-5H3. The van der Waals surface area contributed by atoms with Gasteiger partial charge < -0.3 is 0 Å². The number of hydrogen-bond donors (Lipinski definition) is 0. The average Bonchev–Trinajstić information content (AvgIpc) is 2.81. The van der Waals surface area contributed by atoms with E-state index in [0.29, 0.717) is 0 Å². The first-order chi connectivity index (χ1) is 16.6. The van der Waals surface area contributed by atoms with E-state index in [1.807, 2.05) is 0 Å². The largest absolute Gasteiger partial charge is 0.0654 e. The predicted octanol–water partition coefficient (Wildman–Crippen LogP) is 13.1. The smallest absolute Gasteiger partial charge is 0.0443 e. The fourth-order valence-electron chi connectivity index (χ4n) is 5.47. The maximum Gasteiger partial charge on any atom is -0.0443 e. The molecule has 0 heteroatoms. The molecule has 0 N–H and O–H groups in total. The van der Waals surface area contributed by atoms with Crippen molar-refractivity contribution in [2.24, 2.45) is 17.8 Å². The van der Waals surface area contributed by atoms with Crippen molar-refractivity contribution < 1.29 is 0 Å². The Bertz CT molecular complexity index is 357. The average molecular weight is 479 g/mol. The van der Waals surface area contributed by atoms with Gasteiger partial charge in [0.2, 0.25) is 0 Å². The Kier molecular flexibility index (Phi) is 27.6. The third-order valence-electron chi connectivity index (χ3n) is 8.18. The van der Waals surface area contributed by atoms with E-state index >= 15 is 0 Å². The molecule has 0 spiro atoms. The van der Waals surface area contributed by atoms with Gasteiger partial charge in [0.15, 0.2) is 0 Å². The molecule has 0 fully saturated rings. The molecule has 34 heavy (non-hydrogen) atoms. The molecule has 206 valence electrons. The van der Waals surface area contributed by atoms with E-state index in [1.54, 1.807) is 0 Å². The molecular weight excluding hydrogens is 408 g/mol. The maximum atomic E-state index is 2.51. The highest BCUT2D eigenvalue weighted by atomic mass is 14.1. The Hall–Kier alpha value is 0. The molecule has 0 radical (unpaired) electrons. The van der Waals surface area contributed by atoms with Gasteiger partial charge in [-0.05, 0) is 17.8 Å². The Labute approximate surface area is 219 Å². The zero-order valence-electron chi connectivity index (χ0n) is 25.1. The van der Waals surface area contributed by atoms with Crippen molar-refractivity contribution in [3.63, 3.8) is 0 Å². The monoisotopic (exact) mass is 479 g/mol. The minimum absolute atomic E-state index is 0.894. The summed E-state index contributed by atoms with van der Waals surface area (Å²) in [4.78, 5) is 0. The topological polar surface area (TPSA) is 0 Å². The van der Waals surface area contributed by atoms with Gasteiger partial charge in [-0.15, -0.1) is 0 Å². The highest BCUT2D eigenvalue weighted by molar-refractivity contribution is 4.60. The van der Waals surface area contributed by atoms with Crippen LogP contribution in [0.1, 0.15) is 202 Å². The molecule has 0 nitrogen and oxygen atoms in total. The number of unbranched alkanes of at least 4 members (excludes halogenated alkanes) is 19. The van der Waals surface area contributed by atoms with Gasteiger partial charge in [-0.1, -0.05) is 202 Å². The van der Waals surface area contributed by atoms with Crippen LogP contribution in [0.2, 0.25) is 0 Å². The summed E-state index contributed by atoms with van der Waals surface area (Å²) in [5.74, 6) is 2.79. The van der Waals surface area contributed by atoms with Gasteiger partial charge in [0.25, 0.3) is 0 Å². The van der Waals surface area contributed by atoms with Gasteiger partial charge in [-0.2, -0.15) is 0 Å². The highest BCUT2D eigenvalue weighted by Crippen LogP contribution is 2.22. The second-order valence-corrected chi connectivity index (χ2v) is 12.6. The molecule has 0 heterocycles. The molecule has 0 bridgehead atoms. The van der Waals surface area contributed by atoms with Crippen LogP contribution >= 0.6 is 0 Å². The summed E-state index contributed by atoms with van der Waals surface area (Å²) in [5, 5.41) is 0. The molecule has 0 aliphatic rings. The van der Waals surface area contributed by atoms with Crippen molar-refractivity contribution in [2.75, 3.05) is 0 Å². The molecule has 0 amide bonds. The van der Waals surface area contributed by atoms with E-state index in [2.05, 4.69) is 34.6 Å². The minimum Gasteiger partial charge on any atom is -0.0654 e. The van der Waals surface area contributed by atoms with Crippen molar-refractivity contribution in [3.8, 4) is 0 Å². The van der Waals surface area contributed by atoms with E-state index in [9.17, 15) is 0 Å². The Morgan fingerprint density at radius 3 is 0.853 bits per heavy atom. The van der Waals surface area contributed by atoms with Crippen LogP contribution in [-0.2, 0) is 0 Å². The fraction of sp³-hybridized carbons (Fsp3) is 1.00. The molecule has 0 aliphatic heterocycles. The summed E-state index contributed by atoms with van der Waals surface area (Å²) in [6, 6.07) is 0. The van der Waals surface area contributed by atoms with Crippen molar-refractivity contribution >= 4 is 0 Å². The van der Waals surface area contributed by atoms with E-state index in [1.165, 1.54) is 167 Å². The van der Waals surface area contributed by atoms with E-state index in [4.69, 9.17) is 0 Å². The Balaban J connectivity index is 3.28. The summed E-state index contributed by atoms with van der Waals surface area (Å²) >= 11 is 0. The Morgan fingerprint density at radius 1 is 0.294 bits per heavy atom. The molecule has 2 atom stereocenters. The fourth-order valence-corrected chi connectivity index (χ4v) is 5.47. The van der Waals surface area contributed by atoms with Crippen LogP contribution in [0.15, 0.2) is 0 Å². The Morgan fingerprint density at radius 2 is 0.559 bits per heavy atom. The van der Waals surface area contributed by atoms with E-state index < -0.39 is 0 Å². The molecular formula is C34H70. The lowest BCUT2D eigenvalue weighted by Gasteiger charge is -2.15. The lowest BCUT2D eigenvalue weighted by atomic mass is 9.91. The summed E-state index contributed by atoms with van der Waals surface area (Å²) < 4.78 is 0. The third kappa shape index (κ3) is 28.2. The zero-order valence-corrected chi connectivity index (χ0v) is 25.1. The van der Waals surface area contributed by atoms with Crippen LogP contribution in [0.25, 0.3) is 0 Å². The lowest BCUT2D eigenvalue weighted by molar-refractivity contribution is 0.376. The normalized spacial score (nSPS) is 13.6. The molecule has 0 aromatic carbocycles. The maximum absolute atomic E-state index is 2.51. The van der Waals surface area contributed by atoms with Crippen LogP contribution in [0.4, 0.5) is 0 Å². The van der Waals surface area contributed by atoms with E-state index in [-0.39, 0.29) is 0 Å². The minimum atomic E-state index is 0.894. The van der Waals surface area contributed by atoms with Crippen LogP contribution in [0.3, 0.4) is 0 Å². The highest BCUT2D eigenvalue weighted by Gasteiger charge is 2.07. The van der Waals surface area contributed by atoms with Crippen LogP contribution in [0, 0.1) is 17.8 Å². The van der Waals surface area contributed by atoms with Crippen molar-refractivity contribution in [1.82, 2.24) is 0 Å². The van der Waals surface area contributed by atoms with Gasteiger partial charge in [-0.3, -0.25) is 0 Å². The first-order valence-electron chi connectivity index (χ1n) is 16.6.